The molecule has 0 fully saturated rings. The smallest absolute Gasteiger partial charge is 0.321 e. The number of anilines is 1. The molecule has 0 saturated heterocycles. The molecule has 0 radical (unpaired) electrons. The second-order valence-corrected chi connectivity index (χ2v) is 6.81. The maximum absolute atomic E-state index is 15.1. The molecule has 0 unspecified atom stereocenters. The van der Waals surface area contributed by atoms with Crippen molar-refractivity contribution in [1.29, 1.82) is 0 Å². The number of hydrogen-bond acceptors (Lipinski definition) is 3. The van der Waals surface area contributed by atoms with Crippen LogP contribution in [0.2, 0.25) is 5.02 Å². The van der Waals surface area contributed by atoms with Crippen molar-refractivity contribution in [2.45, 2.75) is 6.05 Å². The Labute approximate surface area is 162 Å². The fourth-order valence-electron chi connectivity index (χ4n) is 3.46. The standard InChI is InChI=1S/C20H11ClF2N4O/c21-11-6-7-13-15(9-11)20(22,23)27-16-5-1-4-14(17(16)26-18(13)27)19(28)25-12-3-2-8-24-10-12/h1-10H,(H,25,28). The van der Waals surface area contributed by atoms with Crippen molar-refractivity contribution in [3.63, 3.8) is 0 Å². The minimum atomic E-state index is -3.32. The maximum Gasteiger partial charge on any atom is 0.358 e. The number of hydrogen-bond donors (Lipinski definition) is 1. The van der Waals surface area contributed by atoms with E-state index in [1.165, 1.54) is 24.4 Å². The molecule has 8 heteroatoms. The Bertz CT molecular complexity index is 1250. The van der Waals surface area contributed by atoms with Gasteiger partial charge in [-0.3, -0.25) is 14.3 Å². The van der Waals surface area contributed by atoms with Gasteiger partial charge in [-0.05, 0) is 42.5 Å². The molecule has 1 N–H and O–H groups in total. The second kappa shape index (κ2) is 5.84. The molecule has 5 nitrogen and oxygen atoms in total. The zero-order valence-electron chi connectivity index (χ0n) is 14.2. The first kappa shape index (κ1) is 16.8. The Morgan fingerprint density at radius 2 is 2.00 bits per heavy atom. The van der Waals surface area contributed by atoms with Crippen LogP contribution < -0.4 is 5.32 Å². The lowest BCUT2D eigenvalue weighted by atomic mass is 10.1. The van der Waals surface area contributed by atoms with Crippen LogP contribution >= 0.6 is 11.6 Å². The molecule has 4 aromatic rings. The molecule has 0 aliphatic carbocycles. The van der Waals surface area contributed by atoms with Gasteiger partial charge in [-0.15, -0.1) is 0 Å². The van der Waals surface area contributed by atoms with Gasteiger partial charge in [0.05, 0.1) is 28.5 Å². The predicted octanol–water partition coefficient (Wildman–Crippen LogP) is 4.92. The highest BCUT2D eigenvalue weighted by Crippen LogP contribution is 2.48. The van der Waals surface area contributed by atoms with Gasteiger partial charge < -0.3 is 5.32 Å². The summed E-state index contributed by atoms with van der Waals surface area (Å²) < 4.78 is 31.1. The van der Waals surface area contributed by atoms with Crippen molar-refractivity contribution in [1.82, 2.24) is 14.5 Å². The molecule has 3 heterocycles. The van der Waals surface area contributed by atoms with Crippen LogP contribution in [0.15, 0.2) is 60.9 Å². The van der Waals surface area contributed by atoms with Gasteiger partial charge in [0.1, 0.15) is 11.3 Å². The molecule has 138 valence electrons. The molecule has 0 spiro atoms. The summed E-state index contributed by atoms with van der Waals surface area (Å²) in [4.78, 5) is 21.0. The molecule has 2 aromatic heterocycles. The summed E-state index contributed by atoms with van der Waals surface area (Å²) in [5.74, 6) is -0.344. The van der Waals surface area contributed by atoms with Crippen molar-refractivity contribution in [3.05, 3.63) is 77.1 Å². The highest BCUT2D eigenvalue weighted by atomic mass is 35.5. The SMILES string of the molecule is O=C(Nc1cccnc1)c1cccc2c1nc1n2C(F)(F)c2cc(Cl)ccc2-1. The van der Waals surface area contributed by atoms with Crippen molar-refractivity contribution >= 4 is 34.2 Å². The Morgan fingerprint density at radius 3 is 2.79 bits per heavy atom. The van der Waals surface area contributed by atoms with Crippen LogP contribution in [0.1, 0.15) is 15.9 Å². The number of halogens is 3. The topological polar surface area (TPSA) is 59.8 Å². The van der Waals surface area contributed by atoms with Gasteiger partial charge in [0, 0.05) is 16.8 Å². The number of rotatable bonds is 2. The molecule has 0 bridgehead atoms. The van der Waals surface area contributed by atoms with Crippen LogP contribution in [0.4, 0.5) is 14.5 Å². The molecule has 0 saturated carbocycles. The third kappa shape index (κ3) is 2.33. The van der Waals surface area contributed by atoms with E-state index in [9.17, 15) is 4.79 Å². The van der Waals surface area contributed by atoms with Gasteiger partial charge in [-0.2, -0.15) is 8.78 Å². The summed E-state index contributed by atoms with van der Waals surface area (Å²) in [7, 11) is 0. The monoisotopic (exact) mass is 396 g/mol. The van der Waals surface area contributed by atoms with E-state index >= 15 is 8.78 Å². The number of fused-ring (bicyclic) bond motifs is 5. The number of carbonyl (C=O) groups excluding carboxylic acids is 1. The van der Waals surface area contributed by atoms with Crippen molar-refractivity contribution in [3.8, 4) is 11.4 Å². The summed E-state index contributed by atoms with van der Waals surface area (Å²) >= 11 is 5.90. The van der Waals surface area contributed by atoms with Gasteiger partial charge >= 0.3 is 6.05 Å². The van der Waals surface area contributed by atoms with E-state index in [0.29, 0.717) is 11.3 Å². The fourth-order valence-corrected chi connectivity index (χ4v) is 3.64. The van der Waals surface area contributed by atoms with Crippen molar-refractivity contribution in [2.75, 3.05) is 5.32 Å². The number of pyridine rings is 1. The number of nitrogens with one attached hydrogen (secondary N) is 1. The number of nitrogens with zero attached hydrogens (tertiary/aromatic N) is 3. The summed E-state index contributed by atoms with van der Waals surface area (Å²) in [6.45, 7) is 0. The molecule has 1 amide bonds. The van der Waals surface area contributed by atoms with Gasteiger partial charge in [0.15, 0.2) is 0 Å². The van der Waals surface area contributed by atoms with Crippen LogP contribution in [0.25, 0.3) is 22.4 Å². The Kier molecular flexibility index (Phi) is 3.51. The summed E-state index contributed by atoms with van der Waals surface area (Å²) in [6.07, 6.45) is 3.08. The Balaban J connectivity index is 1.68. The first-order chi connectivity index (χ1) is 13.5. The van der Waals surface area contributed by atoms with Gasteiger partial charge in [-0.25, -0.2) is 4.98 Å². The molecule has 1 aliphatic rings. The number of para-hydroxylation sites is 1. The van der Waals surface area contributed by atoms with E-state index in [1.54, 1.807) is 36.5 Å². The van der Waals surface area contributed by atoms with Gasteiger partial charge in [-0.1, -0.05) is 17.7 Å². The van der Waals surface area contributed by atoms with Crippen LogP contribution in [-0.4, -0.2) is 20.4 Å². The largest absolute Gasteiger partial charge is 0.358 e. The average molecular weight is 397 g/mol. The van der Waals surface area contributed by atoms with E-state index in [2.05, 4.69) is 15.3 Å². The molecule has 5 rings (SSSR count). The van der Waals surface area contributed by atoms with Gasteiger partial charge in [0.2, 0.25) is 0 Å². The lowest BCUT2D eigenvalue weighted by molar-refractivity contribution is -0.0242. The van der Waals surface area contributed by atoms with E-state index in [0.717, 1.165) is 4.57 Å². The first-order valence-electron chi connectivity index (χ1n) is 8.38. The number of amides is 1. The summed E-state index contributed by atoms with van der Waals surface area (Å²) in [5, 5.41) is 2.93. The summed E-state index contributed by atoms with van der Waals surface area (Å²) in [6, 6.07) is 9.00. The molecule has 0 atom stereocenters. The van der Waals surface area contributed by atoms with Crippen LogP contribution in [0.3, 0.4) is 0 Å². The van der Waals surface area contributed by atoms with E-state index in [-0.39, 0.29) is 33.0 Å². The Morgan fingerprint density at radius 1 is 1.14 bits per heavy atom. The minimum Gasteiger partial charge on any atom is -0.321 e. The summed E-state index contributed by atoms with van der Waals surface area (Å²) in [5.41, 5.74) is 1.18. The van der Waals surface area contributed by atoms with E-state index in [4.69, 9.17) is 11.6 Å². The van der Waals surface area contributed by atoms with Crippen molar-refractivity contribution in [2.24, 2.45) is 0 Å². The molecule has 28 heavy (non-hydrogen) atoms. The number of imidazole rings is 1. The molecular weight excluding hydrogens is 386 g/mol. The normalized spacial score (nSPS) is 14.0. The van der Waals surface area contributed by atoms with Crippen molar-refractivity contribution < 1.29 is 13.6 Å². The minimum absolute atomic E-state index is 0.105. The number of aromatic nitrogens is 3. The third-order valence-electron chi connectivity index (χ3n) is 4.68. The number of alkyl halides is 2. The average Bonchev–Trinajstić information content (AvgIpc) is 3.17. The second-order valence-electron chi connectivity index (χ2n) is 6.37. The highest BCUT2D eigenvalue weighted by molar-refractivity contribution is 6.30. The highest BCUT2D eigenvalue weighted by Gasteiger charge is 2.46. The Hall–Kier alpha value is -3.32. The molecule has 1 aliphatic heterocycles. The lowest BCUT2D eigenvalue weighted by Gasteiger charge is -2.15. The zero-order chi connectivity index (χ0) is 19.5. The van der Waals surface area contributed by atoms with E-state index < -0.39 is 12.0 Å². The zero-order valence-corrected chi connectivity index (χ0v) is 14.9. The molecule has 2 aromatic carbocycles. The quantitative estimate of drug-likeness (QED) is 0.523. The number of benzene rings is 2. The third-order valence-corrected chi connectivity index (χ3v) is 4.91. The molecular formula is C20H11ClF2N4O. The van der Waals surface area contributed by atoms with E-state index in [1.807, 2.05) is 0 Å². The van der Waals surface area contributed by atoms with Crippen LogP contribution in [0.5, 0.6) is 0 Å². The van der Waals surface area contributed by atoms with Crippen LogP contribution in [0, 0.1) is 0 Å². The lowest BCUT2D eigenvalue weighted by Crippen LogP contribution is -2.20. The predicted molar refractivity (Wildman–Crippen MR) is 102 cm³/mol. The van der Waals surface area contributed by atoms with Gasteiger partial charge in [0.25, 0.3) is 5.91 Å². The van der Waals surface area contributed by atoms with Crippen LogP contribution in [-0.2, 0) is 6.05 Å². The first-order valence-corrected chi connectivity index (χ1v) is 8.76. The number of carbonyl (C=O) groups is 1. The maximum atomic E-state index is 15.1. The fraction of sp³-hybridized carbons (Fsp3) is 0.0500.